The van der Waals surface area contributed by atoms with E-state index in [1.807, 2.05) is 6.07 Å². The Balaban J connectivity index is 2.11. The van der Waals surface area contributed by atoms with Crippen molar-refractivity contribution < 1.29 is 14.8 Å². The maximum Gasteiger partial charge on any atom is 0.220 e. The van der Waals surface area contributed by atoms with Crippen molar-refractivity contribution in [1.82, 2.24) is 0 Å². The molecule has 2 aromatic rings. The van der Waals surface area contributed by atoms with Crippen LogP contribution < -0.4 is 0 Å². The van der Waals surface area contributed by atoms with Gasteiger partial charge in [0, 0.05) is 21.4 Å². The number of Topliss-reactive ketones (excluding diaryl/α,β-unsaturated/α-hetero) is 1. The molecule has 0 saturated heterocycles. The molecule has 5 nitrogen and oxygen atoms in total. The number of halogens is 1. The van der Waals surface area contributed by atoms with Crippen molar-refractivity contribution in [2.75, 3.05) is 0 Å². The van der Waals surface area contributed by atoms with Crippen molar-refractivity contribution in [2.24, 2.45) is 5.92 Å². The second-order valence-corrected chi connectivity index (χ2v) is 7.95. The highest BCUT2D eigenvalue weighted by molar-refractivity contribution is 9.10. The largest absolute Gasteiger partial charge is 0.389 e. The van der Waals surface area contributed by atoms with Crippen LogP contribution in [0.4, 0.5) is 0 Å². The molecular formula is C20H20BrNO4. The van der Waals surface area contributed by atoms with Crippen LogP contribution in [0.25, 0.3) is 0 Å². The molecule has 0 aliphatic heterocycles. The molecule has 1 N–H and O–H groups in total. The van der Waals surface area contributed by atoms with Gasteiger partial charge in [0.15, 0.2) is 5.78 Å². The fraction of sp³-hybridized carbons (Fsp3) is 0.350. The third-order valence-corrected chi connectivity index (χ3v) is 5.79. The SMILES string of the molecule is C[C@@]1(O)CC[C@H]([N+](=O)[O-])[C@@H](c2ccc(Br)cc2)[C@@H]1C(=O)c1ccccc1. The number of benzene rings is 2. The summed E-state index contributed by atoms with van der Waals surface area (Å²) in [5.74, 6) is -1.82. The molecule has 1 saturated carbocycles. The van der Waals surface area contributed by atoms with E-state index in [1.54, 1.807) is 55.5 Å². The van der Waals surface area contributed by atoms with Crippen LogP contribution in [0.5, 0.6) is 0 Å². The quantitative estimate of drug-likeness (QED) is 0.458. The molecule has 0 bridgehead atoms. The lowest BCUT2D eigenvalue weighted by atomic mass is 9.63. The van der Waals surface area contributed by atoms with Gasteiger partial charge < -0.3 is 5.11 Å². The molecule has 26 heavy (non-hydrogen) atoms. The number of hydrogen-bond donors (Lipinski definition) is 1. The first-order valence-electron chi connectivity index (χ1n) is 8.52. The average Bonchev–Trinajstić information content (AvgIpc) is 2.61. The van der Waals surface area contributed by atoms with E-state index in [1.165, 1.54) is 0 Å². The third kappa shape index (κ3) is 3.57. The average molecular weight is 418 g/mol. The lowest BCUT2D eigenvalue weighted by Crippen LogP contribution is -2.52. The summed E-state index contributed by atoms with van der Waals surface area (Å²) in [6.07, 6.45) is 0.453. The Morgan fingerprint density at radius 1 is 1.19 bits per heavy atom. The predicted molar refractivity (Wildman–Crippen MR) is 102 cm³/mol. The van der Waals surface area contributed by atoms with Gasteiger partial charge in [0.1, 0.15) is 0 Å². The zero-order valence-corrected chi connectivity index (χ0v) is 15.9. The second kappa shape index (κ2) is 7.29. The number of aliphatic hydroxyl groups is 1. The highest BCUT2D eigenvalue weighted by atomic mass is 79.9. The maximum atomic E-state index is 13.2. The molecular weight excluding hydrogens is 398 g/mol. The monoisotopic (exact) mass is 417 g/mol. The Labute approximate surface area is 160 Å². The second-order valence-electron chi connectivity index (χ2n) is 7.03. The Morgan fingerprint density at radius 3 is 2.38 bits per heavy atom. The van der Waals surface area contributed by atoms with Gasteiger partial charge in [0.25, 0.3) is 0 Å². The number of nitro groups is 1. The van der Waals surface area contributed by atoms with E-state index in [2.05, 4.69) is 15.9 Å². The first kappa shape index (κ1) is 18.7. The van der Waals surface area contributed by atoms with Crippen LogP contribution in [0.1, 0.15) is 41.6 Å². The van der Waals surface area contributed by atoms with Gasteiger partial charge >= 0.3 is 0 Å². The summed E-state index contributed by atoms with van der Waals surface area (Å²) in [6.45, 7) is 1.61. The molecule has 6 heteroatoms. The Morgan fingerprint density at radius 2 is 1.81 bits per heavy atom. The molecule has 3 rings (SSSR count). The minimum absolute atomic E-state index is 0.217. The highest BCUT2D eigenvalue weighted by Gasteiger charge is 2.54. The van der Waals surface area contributed by atoms with Crippen molar-refractivity contribution in [3.63, 3.8) is 0 Å². The van der Waals surface area contributed by atoms with E-state index in [-0.39, 0.29) is 23.5 Å². The molecule has 4 atom stereocenters. The topological polar surface area (TPSA) is 80.4 Å². The van der Waals surface area contributed by atoms with Crippen LogP contribution in [-0.2, 0) is 0 Å². The van der Waals surface area contributed by atoms with E-state index >= 15 is 0 Å². The molecule has 1 fully saturated rings. The molecule has 1 aliphatic carbocycles. The summed E-state index contributed by atoms with van der Waals surface area (Å²) < 4.78 is 0.854. The Kier molecular flexibility index (Phi) is 5.25. The van der Waals surface area contributed by atoms with Crippen molar-refractivity contribution >= 4 is 21.7 Å². The van der Waals surface area contributed by atoms with Crippen LogP contribution in [0, 0.1) is 16.0 Å². The lowest BCUT2D eigenvalue weighted by molar-refractivity contribution is -0.533. The molecule has 0 radical (unpaired) electrons. The van der Waals surface area contributed by atoms with E-state index in [4.69, 9.17) is 0 Å². The first-order valence-corrected chi connectivity index (χ1v) is 9.31. The summed E-state index contributed by atoms with van der Waals surface area (Å²) in [4.78, 5) is 24.7. The van der Waals surface area contributed by atoms with E-state index in [0.717, 1.165) is 4.47 Å². The summed E-state index contributed by atoms with van der Waals surface area (Å²) in [5, 5.41) is 22.7. The van der Waals surface area contributed by atoms with E-state index in [9.17, 15) is 20.0 Å². The van der Waals surface area contributed by atoms with Crippen molar-refractivity contribution in [1.29, 1.82) is 0 Å². The minimum Gasteiger partial charge on any atom is -0.389 e. The normalized spacial score (nSPS) is 28.5. The number of ketones is 1. The number of nitrogens with zero attached hydrogens (tertiary/aromatic N) is 1. The predicted octanol–water partition coefficient (Wildman–Crippen LogP) is 4.22. The summed E-state index contributed by atoms with van der Waals surface area (Å²) in [6, 6.07) is 15.0. The minimum atomic E-state index is -1.31. The highest BCUT2D eigenvalue weighted by Crippen LogP contribution is 2.46. The molecule has 2 aromatic carbocycles. The number of carbonyl (C=O) groups is 1. The molecule has 0 unspecified atom stereocenters. The van der Waals surface area contributed by atoms with Crippen LogP contribution in [0.2, 0.25) is 0 Å². The molecule has 0 aromatic heterocycles. The Bertz CT molecular complexity index is 804. The van der Waals surface area contributed by atoms with Crippen molar-refractivity contribution in [3.05, 3.63) is 80.3 Å². The maximum absolute atomic E-state index is 13.2. The van der Waals surface area contributed by atoms with Gasteiger partial charge in [-0.25, -0.2) is 0 Å². The number of hydrogen-bond acceptors (Lipinski definition) is 4. The smallest absolute Gasteiger partial charge is 0.220 e. The molecule has 0 amide bonds. The standard InChI is InChI=1S/C20H20BrNO4/c1-20(24)12-11-16(22(25)26)17(13-7-9-15(21)10-8-13)18(20)19(23)14-5-3-2-4-6-14/h2-10,16-18,24H,11-12H2,1H3/t16-,17+,18+,20+/m0/s1. The fourth-order valence-electron chi connectivity index (χ4n) is 3.95. The Hall–Kier alpha value is -2.05. The van der Waals surface area contributed by atoms with Gasteiger partial charge in [-0.15, -0.1) is 0 Å². The summed E-state index contributed by atoms with van der Waals surface area (Å²) >= 11 is 3.37. The molecule has 0 heterocycles. The number of rotatable bonds is 4. The summed E-state index contributed by atoms with van der Waals surface area (Å²) in [5.41, 5.74) is -0.148. The van der Waals surface area contributed by atoms with Crippen molar-refractivity contribution in [2.45, 2.75) is 37.3 Å². The lowest BCUT2D eigenvalue weighted by Gasteiger charge is -2.43. The number of carbonyl (C=O) groups excluding carboxylic acids is 1. The van der Waals surface area contributed by atoms with Crippen LogP contribution in [0.15, 0.2) is 59.1 Å². The van der Waals surface area contributed by atoms with Gasteiger partial charge in [0.2, 0.25) is 6.04 Å². The van der Waals surface area contributed by atoms with Gasteiger partial charge in [-0.1, -0.05) is 58.4 Å². The third-order valence-electron chi connectivity index (χ3n) is 5.26. The summed E-state index contributed by atoms with van der Waals surface area (Å²) in [7, 11) is 0. The van der Waals surface area contributed by atoms with Crippen molar-refractivity contribution in [3.8, 4) is 0 Å². The van der Waals surface area contributed by atoms with Gasteiger partial charge in [-0.2, -0.15) is 0 Å². The van der Waals surface area contributed by atoms with Gasteiger partial charge in [-0.05, 0) is 31.0 Å². The van der Waals surface area contributed by atoms with E-state index < -0.39 is 23.5 Å². The molecule has 0 spiro atoms. The first-order chi connectivity index (χ1) is 12.3. The zero-order valence-electron chi connectivity index (χ0n) is 14.3. The van der Waals surface area contributed by atoms with Crippen LogP contribution in [0.3, 0.4) is 0 Å². The van der Waals surface area contributed by atoms with Gasteiger partial charge in [-0.3, -0.25) is 14.9 Å². The molecule has 1 aliphatic rings. The fourth-order valence-corrected chi connectivity index (χ4v) is 4.21. The molecule has 136 valence electrons. The zero-order chi connectivity index (χ0) is 18.9. The van der Waals surface area contributed by atoms with Crippen LogP contribution >= 0.6 is 15.9 Å². The van der Waals surface area contributed by atoms with E-state index in [0.29, 0.717) is 11.1 Å². The van der Waals surface area contributed by atoms with Crippen LogP contribution in [-0.4, -0.2) is 27.5 Å². The van der Waals surface area contributed by atoms with Gasteiger partial charge in [0.05, 0.1) is 17.4 Å².